The minimum Gasteiger partial charge on any atom is -0.390 e. The number of fused-ring (bicyclic) bond motifs is 2. The summed E-state index contributed by atoms with van der Waals surface area (Å²) < 4.78 is 2.08. The van der Waals surface area contributed by atoms with Gasteiger partial charge in [0.15, 0.2) is 15.3 Å². The number of aliphatic hydroxyl groups excluding tert-OH is 2. The fourth-order valence-electron chi connectivity index (χ4n) is 4.07. The van der Waals surface area contributed by atoms with Gasteiger partial charge in [-0.1, -0.05) is 0 Å². The highest BCUT2D eigenvalue weighted by Gasteiger charge is 2.75. The van der Waals surface area contributed by atoms with Gasteiger partial charge in [-0.3, -0.25) is 0 Å². The summed E-state index contributed by atoms with van der Waals surface area (Å²) >= 11 is 1.93. The molecule has 0 bridgehead atoms. The summed E-state index contributed by atoms with van der Waals surface area (Å²) in [6, 6.07) is -0.540. The zero-order chi connectivity index (χ0) is 17.4. The molecule has 2 saturated carbocycles. The third kappa shape index (κ3) is 2.34. The Kier molecular flexibility index (Phi) is 3.60. The van der Waals surface area contributed by atoms with Gasteiger partial charge in [0.2, 0.25) is 0 Å². The molecule has 24 heavy (non-hydrogen) atoms. The van der Waals surface area contributed by atoms with Gasteiger partial charge in [-0.05, 0) is 12.3 Å². The summed E-state index contributed by atoms with van der Waals surface area (Å²) in [5.41, 5.74) is 5.80. The van der Waals surface area contributed by atoms with E-state index in [0.717, 1.165) is 0 Å². The average Bonchev–Trinajstić information content (AvgIpc) is 2.90. The number of nitrogens with zero attached hydrogens (tertiary/aromatic N) is 4. The van der Waals surface area contributed by atoms with Crippen molar-refractivity contribution in [3.63, 3.8) is 0 Å². The molecule has 0 aliphatic heterocycles. The lowest BCUT2D eigenvalue weighted by atomic mass is 10.0. The van der Waals surface area contributed by atoms with Gasteiger partial charge in [-0.25, -0.2) is 15.0 Å². The van der Waals surface area contributed by atoms with Crippen molar-refractivity contribution in [3.05, 3.63) is 10.2 Å². The molecule has 0 radical (unpaired) electrons. The van der Waals surface area contributed by atoms with Crippen molar-refractivity contribution in [2.24, 2.45) is 11.3 Å². The van der Waals surface area contributed by atoms with Crippen molar-refractivity contribution in [2.75, 3.05) is 11.9 Å². The molecule has 130 valence electrons. The maximum atomic E-state index is 10.5. The SMILES string of the molecule is Nc1nc(I)nc2c1ncn2[C@H]1[C@H](O)[C@H](O)[C@@]2(C[P+](O)(O)O)C[C@H]12. The van der Waals surface area contributed by atoms with Crippen LogP contribution in [0.2, 0.25) is 0 Å². The third-order valence-electron chi connectivity index (χ3n) is 5.10. The predicted octanol–water partition coefficient (Wildman–Crippen LogP) is -0.965. The molecule has 5 atom stereocenters. The molecule has 2 aliphatic rings. The summed E-state index contributed by atoms with van der Waals surface area (Å²) in [7, 11) is -4.06. The summed E-state index contributed by atoms with van der Waals surface area (Å²) in [6.45, 7) is 0. The second-order valence-electron chi connectivity index (χ2n) is 6.52. The van der Waals surface area contributed by atoms with Crippen LogP contribution in [0, 0.1) is 15.2 Å². The number of anilines is 1. The van der Waals surface area contributed by atoms with E-state index in [1.807, 2.05) is 22.6 Å². The van der Waals surface area contributed by atoms with Crippen molar-refractivity contribution >= 4 is 47.5 Å². The summed E-state index contributed by atoms with van der Waals surface area (Å²) in [6.07, 6.45) is -0.687. The Labute approximate surface area is 150 Å². The van der Waals surface area contributed by atoms with Crippen LogP contribution in [-0.4, -0.2) is 62.8 Å². The molecule has 0 unspecified atom stereocenters. The minimum absolute atomic E-state index is 0.223. The molecule has 0 spiro atoms. The average molecular weight is 468 g/mol. The van der Waals surface area contributed by atoms with Gasteiger partial charge in [0.25, 0.3) is 0 Å². The smallest absolute Gasteiger partial charge is 0.390 e. The molecule has 2 aliphatic carbocycles. The fourth-order valence-corrected chi connectivity index (χ4v) is 5.90. The van der Waals surface area contributed by atoms with Crippen LogP contribution in [0.4, 0.5) is 5.82 Å². The number of halogens is 1. The highest BCUT2D eigenvalue weighted by Crippen LogP contribution is 2.72. The number of aliphatic hydroxyl groups is 2. The van der Waals surface area contributed by atoms with Crippen LogP contribution in [0.5, 0.6) is 0 Å². The van der Waals surface area contributed by atoms with E-state index in [4.69, 9.17) is 5.73 Å². The van der Waals surface area contributed by atoms with E-state index in [1.165, 1.54) is 6.33 Å². The molecule has 2 fully saturated rings. The Hall–Kier alpha value is -0.690. The maximum Gasteiger partial charge on any atom is 0.404 e. The Morgan fingerprint density at radius 1 is 1.33 bits per heavy atom. The van der Waals surface area contributed by atoms with E-state index < -0.39 is 31.6 Å². The highest BCUT2D eigenvalue weighted by atomic mass is 127. The Morgan fingerprint density at radius 3 is 2.71 bits per heavy atom. The first-order valence-corrected chi connectivity index (χ1v) is 10.1. The van der Waals surface area contributed by atoms with Gasteiger partial charge >= 0.3 is 7.94 Å². The number of rotatable bonds is 3. The molecule has 4 rings (SSSR count). The Bertz CT molecular complexity index is 828. The van der Waals surface area contributed by atoms with Gasteiger partial charge in [0.05, 0.1) is 18.5 Å². The lowest BCUT2D eigenvalue weighted by Crippen LogP contribution is -2.35. The van der Waals surface area contributed by atoms with E-state index in [0.29, 0.717) is 21.4 Å². The van der Waals surface area contributed by atoms with Crippen molar-refractivity contribution < 1.29 is 24.9 Å². The van der Waals surface area contributed by atoms with E-state index >= 15 is 0 Å². The van der Waals surface area contributed by atoms with Crippen LogP contribution in [0.1, 0.15) is 12.5 Å². The molecule has 0 saturated heterocycles. The normalized spacial score (nSPS) is 35.4. The molecule has 2 aromatic rings. The molecule has 2 aromatic heterocycles. The maximum absolute atomic E-state index is 10.5. The van der Waals surface area contributed by atoms with E-state index in [2.05, 4.69) is 15.0 Å². The fraction of sp³-hybridized carbons (Fsp3) is 0.583. The van der Waals surface area contributed by atoms with Crippen LogP contribution in [0.15, 0.2) is 6.33 Å². The molecule has 0 amide bonds. The Balaban J connectivity index is 1.76. The van der Waals surface area contributed by atoms with Gasteiger partial charge in [-0.15, -0.1) is 0 Å². The second kappa shape index (κ2) is 5.16. The van der Waals surface area contributed by atoms with Gasteiger partial charge in [0, 0.05) is 28.0 Å². The largest absolute Gasteiger partial charge is 0.404 e. The van der Waals surface area contributed by atoms with Crippen molar-refractivity contribution in [3.8, 4) is 0 Å². The predicted molar refractivity (Wildman–Crippen MR) is 92.5 cm³/mol. The topological polar surface area (TPSA) is 171 Å². The van der Waals surface area contributed by atoms with E-state index in [-0.39, 0.29) is 17.9 Å². The summed E-state index contributed by atoms with van der Waals surface area (Å²) in [4.78, 5) is 40.8. The van der Waals surface area contributed by atoms with Gasteiger partial charge in [0.1, 0.15) is 17.8 Å². The second-order valence-corrected chi connectivity index (χ2v) is 9.19. The zero-order valence-corrected chi connectivity index (χ0v) is 15.3. The van der Waals surface area contributed by atoms with Crippen molar-refractivity contribution in [1.82, 2.24) is 19.5 Å². The van der Waals surface area contributed by atoms with Crippen LogP contribution >= 0.6 is 30.5 Å². The minimum atomic E-state index is -4.06. The van der Waals surface area contributed by atoms with Crippen LogP contribution < -0.4 is 5.73 Å². The number of hydrogen-bond acceptors (Lipinski definition) is 9. The van der Waals surface area contributed by atoms with Crippen LogP contribution in [0.25, 0.3) is 11.2 Å². The zero-order valence-electron chi connectivity index (χ0n) is 12.2. The molecule has 7 N–H and O–H groups in total. The third-order valence-corrected chi connectivity index (χ3v) is 6.60. The quantitative estimate of drug-likeness (QED) is 0.189. The molecule has 12 heteroatoms. The first-order chi connectivity index (χ1) is 11.1. The molecular formula is C12H16IN5O5P+. The standard InChI is InChI=1S/C12H16IN5O5P/c13-11-16-9(14)5-10(17-11)18(3-15-5)6-4-1-12(4,2-24(21,22)23)8(20)7(6)19/h3-4,6-8,19-23H,1-2H2,(H2,14,16,17)/q+1/t4-,6-,7+,8+,12-/m1/s1. The number of aromatic nitrogens is 4. The molecule has 2 heterocycles. The van der Waals surface area contributed by atoms with Gasteiger partial charge < -0.3 is 20.5 Å². The first kappa shape index (κ1) is 16.8. The number of nitrogens with two attached hydrogens (primary N) is 1. The van der Waals surface area contributed by atoms with Gasteiger partial charge in [-0.2, -0.15) is 14.7 Å². The highest BCUT2D eigenvalue weighted by molar-refractivity contribution is 14.1. The monoisotopic (exact) mass is 468 g/mol. The summed E-state index contributed by atoms with van der Waals surface area (Å²) in [5.74, 6) is 0.00355. The molecular weight excluding hydrogens is 452 g/mol. The Morgan fingerprint density at radius 2 is 2.04 bits per heavy atom. The van der Waals surface area contributed by atoms with Crippen LogP contribution in [-0.2, 0) is 0 Å². The van der Waals surface area contributed by atoms with E-state index in [1.54, 1.807) is 4.57 Å². The van der Waals surface area contributed by atoms with Crippen molar-refractivity contribution in [2.45, 2.75) is 24.7 Å². The summed E-state index contributed by atoms with van der Waals surface area (Å²) in [5, 5.41) is 20.9. The molecule has 0 aromatic carbocycles. The lowest BCUT2D eigenvalue weighted by Gasteiger charge is -2.23. The number of hydrogen-bond donors (Lipinski definition) is 6. The molecule has 10 nitrogen and oxygen atoms in total. The first-order valence-electron chi connectivity index (χ1n) is 7.22. The number of imidazole rings is 1. The lowest BCUT2D eigenvalue weighted by molar-refractivity contribution is -0.0140. The van der Waals surface area contributed by atoms with E-state index in [9.17, 15) is 24.9 Å². The van der Waals surface area contributed by atoms with Crippen molar-refractivity contribution in [1.29, 1.82) is 0 Å². The van der Waals surface area contributed by atoms with Crippen LogP contribution in [0.3, 0.4) is 0 Å². The number of nitrogen functional groups attached to an aromatic ring is 1.